The van der Waals surface area contributed by atoms with Crippen molar-refractivity contribution < 1.29 is 68.6 Å². The number of aliphatic hydroxyl groups excluding tert-OH is 10. The molecule has 0 radical (unpaired) electrons. The predicted molar refractivity (Wildman–Crippen MR) is 189 cm³/mol. The summed E-state index contributed by atoms with van der Waals surface area (Å²) in [5.41, 5.74) is 0. The average Bonchev–Trinajstić information content (AvgIpc) is 3.02. The van der Waals surface area contributed by atoms with E-state index in [2.05, 4.69) is 27.7 Å². The zero-order valence-corrected chi connectivity index (χ0v) is 33.5. The number of aliphatic hydroxyl groups is 10. The molecular formula is C32H73NaO14S. The van der Waals surface area contributed by atoms with Gasteiger partial charge in [0, 0.05) is 6.61 Å². The van der Waals surface area contributed by atoms with Crippen LogP contribution in [0.5, 0.6) is 0 Å². The molecule has 14 nitrogen and oxygen atoms in total. The van der Waals surface area contributed by atoms with Gasteiger partial charge >= 0.3 is 113 Å². The van der Waals surface area contributed by atoms with Crippen molar-refractivity contribution in [2.75, 3.05) is 33.0 Å². The van der Waals surface area contributed by atoms with E-state index in [1.165, 1.54) is 109 Å². The molecule has 0 aromatic heterocycles. The minimum Gasteiger partial charge on any atom is -0.397 e. The molecule has 16 heteroatoms. The Morgan fingerprint density at radius 3 is 1.29 bits per heavy atom. The monoisotopic (exact) mass is 736 g/mol. The summed E-state index contributed by atoms with van der Waals surface area (Å²) in [5, 5.41) is 83.9. The second kappa shape index (κ2) is 41.9. The SMILES string of the molecule is CC1CCC(C(C)C)C(O)C1.CCCCCCCCCCC[CH2][Na].CCO.O=S(=O)(O)O.OCC(O)C(O)C(O)CO.OCC(O)CO. The van der Waals surface area contributed by atoms with E-state index in [4.69, 9.17) is 63.5 Å². The third kappa shape index (κ3) is 50.8. The molecule has 0 spiro atoms. The summed E-state index contributed by atoms with van der Waals surface area (Å²) in [4.78, 5) is 0. The summed E-state index contributed by atoms with van der Waals surface area (Å²) in [6.45, 7) is 8.87. The minimum atomic E-state index is -4.67. The summed E-state index contributed by atoms with van der Waals surface area (Å²) in [7, 11) is -4.67. The van der Waals surface area contributed by atoms with E-state index < -0.39 is 48.0 Å². The maximum absolute atomic E-state index is 9.71. The van der Waals surface area contributed by atoms with Crippen molar-refractivity contribution in [2.45, 2.75) is 152 Å². The standard InChI is InChI=1S/C12H25.C10H20O.C5H12O5.C3H8O3.C2H6O.Na.H2O4S/c1-3-5-7-9-11-12-10-8-6-4-2;1-7(2)9-5-4-8(3)6-10(9)11;6-1-3(8)5(10)4(9)2-7;4-1-3(6)2-5;1-2-3;;1-5(2,3)4/h1,3-12H2,2H3;7-11H,4-6H2,1-3H3;3-10H,1-2H2;3-6H,1-2H2;3H,2H2,1H3;;(H2,1,2,3,4). The van der Waals surface area contributed by atoms with Gasteiger partial charge in [0.2, 0.25) is 0 Å². The molecule has 1 rings (SSSR count). The number of rotatable bonds is 17. The van der Waals surface area contributed by atoms with Crippen LogP contribution in [0.25, 0.3) is 0 Å². The van der Waals surface area contributed by atoms with Gasteiger partial charge < -0.3 is 51.1 Å². The molecule has 292 valence electrons. The average molecular weight is 737 g/mol. The normalized spacial score (nSPS) is 19.0. The quantitative estimate of drug-likeness (QED) is 0.0575. The Morgan fingerprint density at radius 2 is 1.04 bits per heavy atom. The Labute approximate surface area is 308 Å². The molecule has 12 N–H and O–H groups in total. The first-order valence-corrected chi connectivity index (χ1v) is 20.3. The van der Waals surface area contributed by atoms with Crippen molar-refractivity contribution in [1.82, 2.24) is 0 Å². The summed E-state index contributed by atoms with van der Waals surface area (Å²) in [6.07, 6.45) is 13.0. The molecule has 0 aliphatic heterocycles. The van der Waals surface area contributed by atoms with Crippen LogP contribution in [0.2, 0.25) is 3.67 Å². The van der Waals surface area contributed by atoms with E-state index >= 15 is 0 Å². The van der Waals surface area contributed by atoms with Crippen LogP contribution in [-0.2, 0) is 10.4 Å². The first-order valence-electron chi connectivity index (χ1n) is 17.5. The molecule has 0 amide bonds. The zero-order chi connectivity index (χ0) is 38.6. The fourth-order valence-corrected chi connectivity index (χ4v) is 4.92. The largest absolute Gasteiger partial charge is 0.397 e. The molecule has 1 aliphatic rings. The van der Waals surface area contributed by atoms with Crippen LogP contribution in [0.4, 0.5) is 0 Å². The zero-order valence-electron chi connectivity index (χ0n) is 30.6. The Hall–Kier alpha value is 0.470. The maximum atomic E-state index is 9.71. The van der Waals surface area contributed by atoms with Gasteiger partial charge in [-0.15, -0.1) is 0 Å². The second-order valence-electron chi connectivity index (χ2n) is 12.3. The van der Waals surface area contributed by atoms with Crippen molar-refractivity contribution in [3.05, 3.63) is 0 Å². The molecule has 0 saturated heterocycles. The van der Waals surface area contributed by atoms with E-state index in [1.54, 1.807) is 6.92 Å². The first-order chi connectivity index (χ1) is 22.4. The van der Waals surface area contributed by atoms with Gasteiger partial charge in [0.05, 0.1) is 32.5 Å². The van der Waals surface area contributed by atoms with Gasteiger partial charge in [0.25, 0.3) is 0 Å². The van der Waals surface area contributed by atoms with Crippen molar-refractivity contribution in [2.24, 2.45) is 17.8 Å². The molecule has 5 atom stereocenters. The van der Waals surface area contributed by atoms with Gasteiger partial charge in [0.15, 0.2) is 0 Å². The van der Waals surface area contributed by atoms with E-state index in [1.807, 2.05) is 0 Å². The molecule has 0 heterocycles. The van der Waals surface area contributed by atoms with Crippen LogP contribution in [-0.4, -0.2) is 160 Å². The topological polar surface area (TPSA) is 277 Å². The number of hydrogen-bond acceptors (Lipinski definition) is 12. The minimum absolute atomic E-state index is 0.0289. The van der Waals surface area contributed by atoms with Crippen LogP contribution < -0.4 is 0 Å². The summed E-state index contributed by atoms with van der Waals surface area (Å²) >= 11 is 1.41. The van der Waals surface area contributed by atoms with Crippen LogP contribution in [0, 0.1) is 17.8 Å². The molecule has 1 saturated carbocycles. The summed E-state index contributed by atoms with van der Waals surface area (Å²) in [6, 6.07) is 0. The molecule has 0 aromatic carbocycles. The third-order valence-electron chi connectivity index (χ3n) is 7.28. The van der Waals surface area contributed by atoms with Crippen molar-refractivity contribution in [1.29, 1.82) is 0 Å². The van der Waals surface area contributed by atoms with Gasteiger partial charge in [0.1, 0.15) is 24.4 Å². The maximum Gasteiger partial charge on any atom is 0.394 e. The smallest absolute Gasteiger partial charge is 0.394 e. The second-order valence-corrected chi connectivity index (χ2v) is 14.2. The van der Waals surface area contributed by atoms with Crippen molar-refractivity contribution in [3.63, 3.8) is 0 Å². The van der Waals surface area contributed by atoms with E-state index in [9.17, 15) is 5.11 Å². The number of hydrogen-bond donors (Lipinski definition) is 12. The predicted octanol–water partition coefficient (Wildman–Crippen LogP) is 1.67. The summed E-state index contributed by atoms with van der Waals surface area (Å²) in [5.74, 6) is 1.95. The summed E-state index contributed by atoms with van der Waals surface area (Å²) < 4.78 is 33.1. The van der Waals surface area contributed by atoms with Gasteiger partial charge in [-0.1, -0.05) is 27.2 Å². The van der Waals surface area contributed by atoms with E-state index in [0.717, 1.165) is 12.3 Å². The van der Waals surface area contributed by atoms with Crippen molar-refractivity contribution >= 4 is 38.3 Å². The van der Waals surface area contributed by atoms with Gasteiger partial charge in [-0.05, 0) is 37.5 Å². The Kier molecular flexibility index (Phi) is 50.4. The van der Waals surface area contributed by atoms with E-state index in [-0.39, 0.29) is 25.9 Å². The molecule has 0 bridgehead atoms. The Balaban J connectivity index is -0.000000162. The Morgan fingerprint density at radius 1 is 0.688 bits per heavy atom. The van der Waals surface area contributed by atoms with Gasteiger partial charge in [-0.3, -0.25) is 9.11 Å². The molecule has 1 aliphatic carbocycles. The fourth-order valence-electron chi connectivity index (χ4n) is 4.42. The van der Waals surface area contributed by atoms with E-state index in [0.29, 0.717) is 11.8 Å². The van der Waals surface area contributed by atoms with Crippen LogP contribution in [0.15, 0.2) is 0 Å². The number of unbranched alkanes of at least 4 members (excludes halogenated alkanes) is 9. The molecule has 1 fully saturated rings. The fraction of sp³-hybridized carbons (Fsp3) is 1.00. The van der Waals surface area contributed by atoms with Crippen LogP contribution in [0.3, 0.4) is 0 Å². The first kappa shape index (κ1) is 57.8. The molecular weight excluding hydrogens is 663 g/mol. The van der Waals surface area contributed by atoms with Crippen molar-refractivity contribution in [3.8, 4) is 0 Å². The van der Waals surface area contributed by atoms with Gasteiger partial charge in [-0.25, -0.2) is 0 Å². The van der Waals surface area contributed by atoms with Crippen LogP contribution >= 0.6 is 0 Å². The molecule has 0 aromatic rings. The third-order valence-corrected chi connectivity index (χ3v) is 7.99. The van der Waals surface area contributed by atoms with Gasteiger partial charge in [-0.2, -0.15) is 8.42 Å². The molecule has 5 unspecified atom stereocenters. The molecule has 48 heavy (non-hydrogen) atoms. The Bertz CT molecular complexity index is 674. The van der Waals surface area contributed by atoms with Crippen LogP contribution in [0.1, 0.15) is 118 Å².